The van der Waals surface area contributed by atoms with Gasteiger partial charge in [-0.15, -0.1) is 0 Å². The topological polar surface area (TPSA) is 55.4 Å². The highest BCUT2D eigenvalue weighted by molar-refractivity contribution is 7.89. The molecule has 0 bridgehead atoms. The van der Waals surface area contributed by atoms with Gasteiger partial charge in [-0.3, -0.25) is 0 Å². The molecule has 6 heteroatoms. The molecular formula is C13H18ClNO3S. The number of hydrogen-bond donors (Lipinski definition) is 1. The number of nitrogens with one attached hydrogen (secondary N) is 1. The third kappa shape index (κ3) is 4.45. The molecular weight excluding hydrogens is 286 g/mol. The van der Waals surface area contributed by atoms with Crippen LogP contribution in [0.5, 0.6) is 0 Å². The minimum atomic E-state index is -3.04. The minimum absolute atomic E-state index is 0.0155. The van der Waals surface area contributed by atoms with Crippen LogP contribution in [-0.2, 0) is 20.3 Å². The SMILES string of the molecule is CS(=O)(=O)Cc1ccc(C2COCCCN2)c(Cl)c1. The predicted octanol–water partition coefficient (Wildman–Crippen LogP) is 1.94. The summed E-state index contributed by atoms with van der Waals surface area (Å²) in [5.74, 6) is 0.0155. The van der Waals surface area contributed by atoms with Crippen molar-refractivity contribution in [3.8, 4) is 0 Å². The van der Waals surface area contributed by atoms with Gasteiger partial charge in [0.05, 0.1) is 18.4 Å². The van der Waals surface area contributed by atoms with Crippen molar-refractivity contribution in [3.05, 3.63) is 34.3 Å². The zero-order valence-electron chi connectivity index (χ0n) is 10.9. The molecule has 1 aromatic rings. The summed E-state index contributed by atoms with van der Waals surface area (Å²) in [5.41, 5.74) is 1.67. The van der Waals surface area contributed by atoms with E-state index in [1.54, 1.807) is 6.07 Å². The Bertz CT molecular complexity index is 537. The normalized spacial score (nSPS) is 21.1. The van der Waals surface area contributed by atoms with Crippen molar-refractivity contribution in [2.24, 2.45) is 0 Å². The first-order valence-corrected chi connectivity index (χ1v) is 8.67. The Kier molecular flexibility index (Phi) is 4.84. The standard InChI is InChI=1S/C13H18ClNO3S/c1-19(16,17)9-10-3-4-11(12(14)7-10)13-8-18-6-2-5-15-13/h3-4,7,13,15H,2,5-6,8-9H2,1H3. The highest BCUT2D eigenvalue weighted by Crippen LogP contribution is 2.26. The number of benzene rings is 1. The molecule has 1 aromatic carbocycles. The Hall–Kier alpha value is -0.620. The van der Waals surface area contributed by atoms with Gasteiger partial charge in [0, 0.05) is 17.9 Å². The van der Waals surface area contributed by atoms with Gasteiger partial charge in [-0.2, -0.15) is 0 Å². The zero-order chi connectivity index (χ0) is 13.9. The summed E-state index contributed by atoms with van der Waals surface area (Å²) >= 11 is 6.25. The monoisotopic (exact) mass is 303 g/mol. The van der Waals surface area contributed by atoms with Crippen molar-refractivity contribution in [1.82, 2.24) is 5.32 Å². The first-order valence-electron chi connectivity index (χ1n) is 6.23. The van der Waals surface area contributed by atoms with Crippen LogP contribution in [0.1, 0.15) is 23.6 Å². The van der Waals surface area contributed by atoms with Crippen LogP contribution in [0.4, 0.5) is 0 Å². The van der Waals surface area contributed by atoms with Crippen LogP contribution in [0.2, 0.25) is 5.02 Å². The highest BCUT2D eigenvalue weighted by atomic mass is 35.5. The van der Waals surface area contributed by atoms with Crippen LogP contribution in [0.15, 0.2) is 18.2 Å². The van der Waals surface area contributed by atoms with E-state index >= 15 is 0 Å². The van der Waals surface area contributed by atoms with Crippen molar-refractivity contribution >= 4 is 21.4 Å². The molecule has 1 heterocycles. The molecule has 1 aliphatic rings. The van der Waals surface area contributed by atoms with Gasteiger partial charge in [0.15, 0.2) is 9.84 Å². The van der Waals surface area contributed by atoms with E-state index in [0.717, 1.165) is 25.1 Å². The van der Waals surface area contributed by atoms with E-state index in [4.69, 9.17) is 16.3 Å². The maximum absolute atomic E-state index is 11.3. The second kappa shape index (κ2) is 6.22. The maximum Gasteiger partial charge on any atom is 0.151 e. The average molecular weight is 304 g/mol. The largest absolute Gasteiger partial charge is 0.379 e. The Morgan fingerprint density at radius 2 is 2.26 bits per heavy atom. The molecule has 0 saturated carbocycles. The fourth-order valence-electron chi connectivity index (χ4n) is 2.16. The van der Waals surface area contributed by atoms with Crippen LogP contribution in [0, 0.1) is 0 Å². The van der Waals surface area contributed by atoms with Crippen molar-refractivity contribution in [1.29, 1.82) is 0 Å². The van der Waals surface area contributed by atoms with Gasteiger partial charge < -0.3 is 10.1 Å². The summed E-state index contributed by atoms with van der Waals surface area (Å²) in [4.78, 5) is 0. The van der Waals surface area contributed by atoms with Gasteiger partial charge >= 0.3 is 0 Å². The molecule has 1 fully saturated rings. The van der Waals surface area contributed by atoms with Gasteiger partial charge in [0.25, 0.3) is 0 Å². The summed E-state index contributed by atoms with van der Waals surface area (Å²) in [6.07, 6.45) is 2.20. The fraction of sp³-hybridized carbons (Fsp3) is 0.538. The van der Waals surface area contributed by atoms with Crippen LogP contribution in [0.25, 0.3) is 0 Å². The third-order valence-corrected chi connectivity index (χ3v) is 4.19. The number of rotatable bonds is 3. The first-order chi connectivity index (χ1) is 8.96. The maximum atomic E-state index is 11.3. The van der Waals surface area contributed by atoms with E-state index in [0.29, 0.717) is 17.2 Å². The van der Waals surface area contributed by atoms with E-state index < -0.39 is 9.84 Å². The Morgan fingerprint density at radius 1 is 1.47 bits per heavy atom. The third-order valence-electron chi connectivity index (χ3n) is 3.01. The number of hydrogen-bond acceptors (Lipinski definition) is 4. The van der Waals surface area contributed by atoms with E-state index in [1.807, 2.05) is 12.1 Å². The zero-order valence-corrected chi connectivity index (χ0v) is 12.4. The second-order valence-corrected chi connectivity index (χ2v) is 7.41. The Morgan fingerprint density at radius 3 is 2.95 bits per heavy atom. The fourth-order valence-corrected chi connectivity index (χ4v) is 3.28. The summed E-state index contributed by atoms with van der Waals surface area (Å²) in [6, 6.07) is 5.50. The second-order valence-electron chi connectivity index (χ2n) is 4.86. The lowest BCUT2D eigenvalue weighted by Crippen LogP contribution is -2.23. The highest BCUT2D eigenvalue weighted by Gasteiger charge is 2.17. The summed E-state index contributed by atoms with van der Waals surface area (Å²) < 4.78 is 28.0. The molecule has 1 saturated heterocycles. The molecule has 106 valence electrons. The lowest BCUT2D eigenvalue weighted by Gasteiger charge is -2.17. The molecule has 0 aliphatic carbocycles. The van der Waals surface area contributed by atoms with Crippen LogP contribution in [0.3, 0.4) is 0 Å². The van der Waals surface area contributed by atoms with E-state index in [1.165, 1.54) is 6.26 Å². The molecule has 4 nitrogen and oxygen atoms in total. The molecule has 19 heavy (non-hydrogen) atoms. The van der Waals surface area contributed by atoms with Gasteiger partial charge in [-0.1, -0.05) is 23.7 Å². The molecule has 2 rings (SSSR count). The Balaban J connectivity index is 2.18. The lowest BCUT2D eigenvalue weighted by atomic mass is 10.1. The minimum Gasteiger partial charge on any atom is -0.379 e. The van der Waals surface area contributed by atoms with E-state index in [-0.39, 0.29) is 11.8 Å². The van der Waals surface area contributed by atoms with Crippen LogP contribution < -0.4 is 5.32 Å². The van der Waals surface area contributed by atoms with Gasteiger partial charge in [0.2, 0.25) is 0 Å². The molecule has 1 unspecified atom stereocenters. The molecule has 1 atom stereocenters. The summed E-state index contributed by atoms with van der Waals surface area (Å²) in [6.45, 7) is 2.24. The van der Waals surface area contributed by atoms with Crippen molar-refractivity contribution in [2.75, 3.05) is 26.0 Å². The van der Waals surface area contributed by atoms with Crippen molar-refractivity contribution in [3.63, 3.8) is 0 Å². The first kappa shape index (κ1) is 14.8. The average Bonchev–Trinajstić information content (AvgIpc) is 2.55. The van der Waals surface area contributed by atoms with Crippen molar-refractivity contribution in [2.45, 2.75) is 18.2 Å². The van der Waals surface area contributed by atoms with Crippen LogP contribution >= 0.6 is 11.6 Å². The smallest absolute Gasteiger partial charge is 0.151 e. The molecule has 1 aliphatic heterocycles. The summed E-state index contributed by atoms with van der Waals surface area (Å²) in [7, 11) is -3.04. The predicted molar refractivity (Wildman–Crippen MR) is 76.2 cm³/mol. The quantitative estimate of drug-likeness (QED) is 0.927. The molecule has 0 aromatic heterocycles. The number of sulfone groups is 1. The molecule has 0 spiro atoms. The van der Waals surface area contributed by atoms with Crippen LogP contribution in [-0.4, -0.2) is 34.4 Å². The van der Waals surface area contributed by atoms with Crippen molar-refractivity contribution < 1.29 is 13.2 Å². The molecule has 0 radical (unpaired) electrons. The number of halogens is 1. The van der Waals surface area contributed by atoms with Gasteiger partial charge in [0.1, 0.15) is 0 Å². The Labute approximate surface area is 119 Å². The lowest BCUT2D eigenvalue weighted by molar-refractivity contribution is 0.131. The van der Waals surface area contributed by atoms with E-state index in [2.05, 4.69) is 5.32 Å². The van der Waals surface area contributed by atoms with Gasteiger partial charge in [-0.05, 0) is 30.2 Å². The number of ether oxygens (including phenoxy) is 1. The summed E-state index contributed by atoms with van der Waals surface area (Å²) in [5, 5.41) is 3.97. The molecule has 0 amide bonds. The van der Waals surface area contributed by atoms with E-state index in [9.17, 15) is 8.42 Å². The van der Waals surface area contributed by atoms with Gasteiger partial charge in [-0.25, -0.2) is 8.42 Å². The molecule has 1 N–H and O–H groups in total.